The fraction of sp³-hybridized carbons (Fsp3) is 0.385. The SMILES string of the molecule is CCCC(N)C(=O)Nc1cc(C(N)=O)ccc1OC. The Morgan fingerprint density at radius 1 is 1.42 bits per heavy atom. The molecular formula is C13H19N3O3. The fourth-order valence-corrected chi connectivity index (χ4v) is 1.63. The Labute approximate surface area is 112 Å². The highest BCUT2D eigenvalue weighted by atomic mass is 16.5. The Morgan fingerprint density at radius 3 is 2.63 bits per heavy atom. The smallest absolute Gasteiger partial charge is 0.248 e. The zero-order chi connectivity index (χ0) is 14.4. The van der Waals surface area contributed by atoms with Crippen LogP contribution in [0.1, 0.15) is 30.1 Å². The average Bonchev–Trinajstić information content (AvgIpc) is 2.38. The molecule has 1 aromatic carbocycles. The number of methoxy groups -OCH3 is 1. The maximum absolute atomic E-state index is 11.8. The zero-order valence-corrected chi connectivity index (χ0v) is 11.1. The van der Waals surface area contributed by atoms with Gasteiger partial charge in [-0.25, -0.2) is 0 Å². The fourth-order valence-electron chi connectivity index (χ4n) is 1.63. The molecule has 0 aromatic heterocycles. The highest BCUT2D eigenvalue weighted by Gasteiger charge is 2.15. The first kappa shape index (κ1) is 15.0. The van der Waals surface area contributed by atoms with Gasteiger partial charge in [0.2, 0.25) is 11.8 Å². The number of benzene rings is 1. The Balaban J connectivity index is 2.94. The van der Waals surface area contributed by atoms with E-state index >= 15 is 0 Å². The molecule has 6 nitrogen and oxygen atoms in total. The number of rotatable bonds is 6. The van der Waals surface area contributed by atoms with Gasteiger partial charge in [-0.2, -0.15) is 0 Å². The van der Waals surface area contributed by atoms with E-state index in [4.69, 9.17) is 16.2 Å². The molecule has 104 valence electrons. The van der Waals surface area contributed by atoms with Crippen molar-refractivity contribution in [2.24, 2.45) is 11.5 Å². The van der Waals surface area contributed by atoms with Gasteiger partial charge in [0.25, 0.3) is 0 Å². The highest BCUT2D eigenvalue weighted by Crippen LogP contribution is 2.25. The number of primary amides is 1. The molecule has 0 aliphatic carbocycles. The molecule has 0 spiro atoms. The molecule has 0 aliphatic rings. The molecular weight excluding hydrogens is 246 g/mol. The highest BCUT2D eigenvalue weighted by molar-refractivity contribution is 5.99. The van der Waals surface area contributed by atoms with Crippen LogP contribution in [0.5, 0.6) is 5.75 Å². The standard InChI is InChI=1S/C13H19N3O3/c1-3-4-9(14)13(18)16-10-7-8(12(15)17)5-6-11(10)19-2/h5-7,9H,3-4,14H2,1-2H3,(H2,15,17)(H,16,18). The van der Waals surface area contributed by atoms with Crippen LogP contribution in [0.15, 0.2) is 18.2 Å². The van der Waals surface area contributed by atoms with Crippen LogP contribution < -0.4 is 21.5 Å². The third-order valence-corrected chi connectivity index (χ3v) is 2.68. The van der Waals surface area contributed by atoms with Gasteiger partial charge in [-0.3, -0.25) is 9.59 Å². The van der Waals surface area contributed by atoms with E-state index in [-0.39, 0.29) is 5.91 Å². The minimum absolute atomic E-state index is 0.292. The maximum Gasteiger partial charge on any atom is 0.248 e. The lowest BCUT2D eigenvalue weighted by Crippen LogP contribution is -2.35. The quantitative estimate of drug-likeness (QED) is 0.709. The largest absolute Gasteiger partial charge is 0.495 e. The van der Waals surface area contributed by atoms with E-state index in [1.807, 2.05) is 6.92 Å². The summed E-state index contributed by atoms with van der Waals surface area (Å²) >= 11 is 0. The van der Waals surface area contributed by atoms with Crippen molar-refractivity contribution in [3.63, 3.8) is 0 Å². The molecule has 1 atom stereocenters. The van der Waals surface area contributed by atoms with Crippen molar-refractivity contribution in [2.45, 2.75) is 25.8 Å². The van der Waals surface area contributed by atoms with Crippen molar-refractivity contribution in [1.29, 1.82) is 0 Å². The first-order valence-electron chi connectivity index (χ1n) is 6.03. The second kappa shape index (κ2) is 6.75. The first-order valence-corrected chi connectivity index (χ1v) is 6.03. The lowest BCUT2D eigenvalue weighted by atomic mass is 10.1. The second-order valence-electron chi connectivity index (χ2n) is 4.16. The Bertz CT molecular complexity index is 474. The summed E-state index contributed by atoms with van der Waals surface area (Å²) in [6, 6.07) is 3.98. The number of carbonyl (C=O) groups is 2. The van der Waals surface area contributed by atoms with E-state index < -0.39 is 11.9 Å². The molecule has 5 N–H and O–H groups in total. The van der Waals surface area contributed by atoms with Crippen LogP contribution in [-0.2, 0) is 4.79 Å². The molecule has 0 aliphatic heterocycles. The number of anilines is 1. The number of carbonyl (C=O) groups excluding carboxylic acids is 2. The van der Waals surface area contributed by atoms with Gasteiger partial charge < -0.3 is 21.5 Å². The van der Waals surface area contributed by atoms with Crippen LogP contribution in [0.2, 0.25) is 0 Å². The van der Waals surface area contributed by atoms with Crippen molar-refractivity contribution in [2.75, 3.05) is 12.4 Å². The molecule has 0 heterocycles. The number of hydrogen-bond donors (Lipinski definition) is 3. The van der Waals surface area contributed by atoms with Crippen LogP contribution >= 0.6 is 0 Å². The van der Waals surface area contributed by atoms with Gasteiger partial charge in [0.05, 0.1) is 18.8 Å². The molecule has 0 saturated carbocycles. The molecule has 1 aromatic rings. The minimum Gasteiger partial charge on any atom is -0.495 e. The summed E-state index contributed by atoms with van der Waals surface area (Å²) in [6.07, 6.45) is 1.40. The maximum atomic E-state index is 11.8. The van der Waals surface area contributed by atoms with Crippen LogP contribution in [0.4, 0.5) is 5.69 Å². The summed E-state index contributed by atoms with van der Waals surface area (Å²) < 4.78 is 5.11. The predicted octanol–water partition coefficient (Wildman–Crippen LogP) is 0.860. The van der Waals surface area contributed by atoms with Gasteiger partial charge in [0.15, 0.2) is 0 Å². The molecule has 2 amide bonds. The second-order valence-corrected chi connectivity index (χ2v) is 4.16. The third kappa shape index (κ3) is 3.96. The van der Waals surface area contributed by atoms with E-state index in [0.717, 1.165) is 6.42 Å². The summed E-state index contributed by atoms with van der Waals surface area (Å²) in [5.41, 5.74) is 11.6. The molecule has 0 saturated heterocycles. The predicted molar refractivity (Wildman–Crippen MR) is 73.0 cm³/mol. The number of amides is 2. The summed E-state index contributed by atoms with van der Waals surface area (Å²) in [5.74, 6) is -0.445. The van der Waals surface area contributed by atoms with Gasteiger partial charge in [-0.05, 0) is 24.6 Å². The van der Waals surface area contributed by atoms with Crippen LogP contribution in [0.25, 0.3) is 0 Å². The van der Waals surface area contributed by atoms with Crippen molar-refractivity contribution in [3.8, 4) is 5.75 Å². The van der Waals surface area contributed by atoms with E-state index in [1.54, 1.807) is 6.07 Å². The Kier molecular flexibility index (Phi) is 5.32. The summed E-state index contributed by atoms with van der Waals surface area (Å²) in [4.78, 5) is 23.0. The summed E-state index contributed by atoms with van der Waals surface area (Å²) in [5, 5.41) is 2.64. The van der Waals surface area contributed by atoms with Crippen LogP contribution in [0, 0.1) is 0 Å². The van der Waals surface area contributed by atoms with Crippen LogP contribution in [-0.4, -0.2) is 25.0 Å². The van der Waals surface area contributed by atoms with Gasteiger partial charge in [0.1, 0.15) is 5.75 Å². The summed E-state index contributed by atoms with van der Waals surface area (Å²) in [6.45, 7) is 1.95. The third-order valence-electron chi connectivity index (χ3n) is 2.68. The van der Waals surface area contributed by atoms with Crippen molar-refractivity contribution in [1.82, 2.24) is 0 Å². The molecule has 1 unspecified atom stereocenters. The van der Waals surface area contributed by atoms with Gasteiger partial charge in [0, 0.05) is 5.56 Å². The lowest BCUT2D eigenvalue weighted by molar-refractivity contribution is -0.117. The number of nitrogens with one attached hydrogen (secondary N) is 1. The Hall–Kier alpha value is -2.08. The first-order chi connectivity index (χ1) is 8.99. The van der Waals surface area contributed by atoms with Crippen molar-refractivity contribution in [3.05, 3.63) is 23.8 Å². The molecule has 6 heteroatoms. The lowest BCUT2D eigenvalue weighted by Gasteiger charge is -2.14. The monoisotopic (exact) mass is 265 g/mol. The van der Waals surface area contributed by atoms with Crippen molar-refractivity contribution < 1.29 is 14.3 Å². The van der Waals surface area contributed by atoms with Gasteiger partial charge in [-0.15, -0.1) is 0 Å². The Morgan fingerprint density at radius 2 is 2.11 bits per heavy atom. The average molecular weight is 265 g/mol. The van der Waals surface area contributed by atoms with E-state index in [0.29, 0.717) is 23.4 Å². The van der Waals surface area contributed by atoms with Gasteiger partial charge in [-0.1, -0.05) is 13.3 Å². The topological polar surface area (TPSA) is 107 Å². The van der Waals surface area contributed by atoms with Crippen molar-refractivity contribution >= 4 is 17.5 Å². The molecule has 19 heavy (non-hydrogen) atoms. The molecule has 0 bridgehead atoms. The minimum atomic E-state index is -0.591. The zero-order valence-electron chi connectivity index (χ0n) is 11.1. The van der Waals surface area contributed by atoms with Crippen LogP contribution in [0.3, 0.4) is 0 Å². The normalized spacial score (nSPS) is 11.7. The molecule has 1 rings (SSSR count). The van der Waals surface area contributed by atoms with Gasteiger partial charge >= 0.3 is 0 Å². The molecule has 0 radical (unpaired) electrons. The number of nitrogens with two attached hydrogens (primary N) is 2. The van der Waals surface area contributed by atoms with E-state index in [9.17, 15) is 9.59 Å². The van der Waals surface area contributed by atoms with E-state index in [2.05, 4.69) is 5.32 Å². The molecule has 0 fully saturated rings. The number of ether oxygens (including phenoxy) is 1. The summed E-state index contributed by atoms with van der Waals surface area (Å²) in [7, 11) is 1.47. The van der Waals surface area contributed by atoms with E-state index in [1.165, 1.54) is 19.2 Å². The number of hydrogen-bond acceptors (Lipinski definition) is 4.